The van der Waals surface area contributed by atoms with Crippen molar-refractivity contribution < 1.29 is 14.3 Å². The van der Waals surface area contributed by atoms with E-state index >= 15 is 0 Å². The monoisotopic (exact) mass is 319 g/mol. The first-order valence-corrected chi connectivity index (χ1v) is 8.82. The van der Waals surface area contributed by atoms with E-state index in [1.54, 1.807) is 4.90 Å². The molecule has 2 saturated heterocycles. The molecule has 6 nitrogen and oxygen atoms in total. The second kappa shape index (κ2) is 5.91. The summed E-state index contributed by atoms with van der Waals surface area (Å²) in [5.41, 5.74) is -0.334. The molecule has 1 N–H and O–H groups in total. The van der Waals surface area contributed by atoms with Crippen LogP contribution in [0, 0.1) is 0 Å². The summed E-state index contributed by atoms with van der Waals surface area (Å²) in [5, 5.41) is 11.0. The van der Waals surface area contributed by atoms with Gasteiger partial charge in [0.05, 0.1) is 12.1 Å². The molecule has 2 aliphatic heterocycles. The maximum atomic E-state index is 12.8. The quantitative estimate of drug-likeness (QED) is 0.913. The second-order valence-electron chi connectivity index (χ2n) is 7.38. The SMILES string of the molecule is O=C(c1ncoc1C1CC1)N1CCC[C@](O)(CN2CCCC2)C1. The van der Waals surface area contributed by atoms with E-state index in [0.717, 1.165) is 44.5 Å². The Morgan fingerprint density at radius 1 is 1.30 bits per heavy atom. The van der Waals surface area contributed by atoms with Gasteiger partial charge in [-0.2, -0.15) is 0 Å². The highest BCUT2D eigenvalue weighted by atomic mass is 16.3. The van der Waals surface area contributed by atoms with Gasteiger partial charge in [0.25, 0.3) is 5.91 Å². The molecule has 1 aromatic heterocycles. The third kappa shape index (κ3) is 3.15. The molecule has 126 valence electrons. The van der Waals surface area contributed by atoms with Gasteiger partial charge in [-0.3, -0.25) is 4.79 Å². The van der Waals surface area contributed by atoms with Gasteiger partial charge in [-0.25, -0.2) is 4.98 Å². The van der Waals surface area contributed by atoms with Gasteiger partial charge >= 0.3 is 0 Å². The number of β-amino-alcohol motifs (C(OH)–C–C–N with tert-alkyl or cyclic N) is 1. The molecule has 1 amide bonds. The zero-order valence-electron chi connectivity index (χ0n) is 13.5. The molecule has 1 aliphatic carbocycles. The standard InChI is InChI=1S/C17H25N3O3/c21-16(14-15(13-4-5-13)23-12-18-14)20-9-3-6-17(22,11-20)10-19-7-1-2-8-19/h12-13,22H,1-11H2/t17-/m0/s1. The van der Waals surface area contributed by atoms with Gasteiger partial charge < -0.3 is 19.3 Å². The predicted octanol–water partition coefficient (Wildman–Crippen LogP) is 1.61. The smallest absolute Gasteiger partial charge is 0.276 e. The van der Waals surface area contributed by atoms with Crippen LogP contribution in [-0.4, -0.2) is 64.1 Å². The molecule has 4 rings (SSSR count). The first-order valence-electron chi connectivity index (χ1n) is 8.82. The summed E-state index contributed by atoms with van der Waals surface area (Å²) in [6, 6.07) is 0. The minimum atomic E-state index is -0.790. The highest BCUT2D eigenvalue weighted by Crippen LogP contribution is 2.41. The van der Waals surface area contributed by atoms with Crippen LogP contribution in [0.25, 0.3) is 0 Å². The number of likely N-dealkylation sites (tertiary alicyclic amines) is 2. The van der Waals surface area contributed by atoms with E-state index in [1.807, 2.05) is 0 Å². The van der Waals surface area contributed by atoms with Crippen LogP contribution >= 0.6 is 0 Å². The Morgan fingerprint density at radius 3 is 2.83 bits per heavy atom. The van der Waals surface area contributed by atoms with Crippen LogP contribution in [0.4, 0.5) is 0 Å². The molecule has 1 aromatic rings. The van der Waals surface area contributed by atoms with Gasteiger partial charge in [0.15, 0.2) is 12.1 Å². The Bertz CT molecular complexity index is 577. The van der Waals surface area contributed by atoms with E-state index in [4.69, 9.17) is 4.42 Å². The summed E-state index contributed by atoms with van der Waals surface area (Å²) >= 11 is 0. The Hall–Kier alpha value is -1.40. The number of hydrogen-bond acceptors (Lipinski definition) is 5. The lowest BCUT2D eigenvalue weighted by molar-refractivity contribution is -0.0432. The fourth-order valence-electron chi connectivity index (χ4n) is 3.97. The fourth-order valence-corrected chi connectivity index (χ4v) is 3.97. The van der Waals surface area contributed by atoms with Crippen molar-refractivity contribution >= 4 is 5.91 Å². The average Bonchev–Trinajstić information content (AvgIpc) is 3.05. The number of hydrogen-bond donors (Lipinski definition) is 1. The van der Waals surface area contributed by atoms with E-state index < -0.39 is 5.60 Å². The van der Waals surface area contributed by atoms with Gasteiger partial charge in [-0.15, -0.1) is 0 Å². The molecule has 0 aromatic carbocycles. The van der Waals surface area contributed by atoms with Crippen molar-refractivity contribution in [2.24, 2.45) is 0 Å². The topological polar surface area (TPSA) is 69.8 Å². The third-order valence-electron chi connectivity index (χ3n) is 5.30. The maximum Gasteiger partial charge on any atom is 0.276 e. The number of rotatable bonds is 4. The average molecular weight is 319 g/mol. The highest BCUT2D eigenvalue weighted by molar-refractivity contribution is 5.93. The van der Waals surface area contributed by atoms with Crippen LogP contribution in [0.2, 0.25) is 0 Å². The van der Waals surface area contributed by atoms with Crippen molar-refractivity contribution in [1.82, 2.24) is 14.8 Å². The summed E-state index contributed by atoms with van der Waals surface area (Å²) in [7, 11) is 0. The first kappa shape index (κ1) is 15.1. The van der Waals surface area contributed by atoms with Crippen molar-refractivity contribution in [2.45, 2.75) is 50.0 Å². The van der Waals surface area contributed by atoms with Crippen molar-refractivity contribution in [3.63, 3.8) is 0 Å². The Morgan fingerprint density at radius 2 is 2.09 bits per heavy atom. The van der Waals surface area contributed by atoms with Crippen LogP contribution in [0.3, 0.4) is 0 Å². The van der Waals surface area contributed by atoms with Gasteiger partial charge in [0, 0.05) is 19.0 Å². The number of carbonyl (C=O) groups is 1. The number of aromatic nitrogens is 1. The molecule has 23 heavy (non-hydrogen) atoms. The zero-order chi connectivity index (χ0) is 15.9. The normalized spacial score (nSPS) is 29.2. The van der Waals surface area contributed by atoms with Crippen LogP contribution in [-0.2, 0) is 0 Å². The minimum Gasteiger partial charge on any atom is -0.447 e. The molecule has 3 fully saturated rings. The minimum absolute atomic E-state index is 0.0832. The van der Waals surface area contributed by atoms with Gasteiger partial charge in [0.2, 0.25) is 0 Å². The van der Waals surface area contributed by atoms with E-state index in [9.17, 15) is 9.90 Å². The van der Waals surface area contributed by atoms with Crippen LogP contribution in [0.5, 0.6) is 0 Å². The molecular formula is C17H25N3O3. The Labute approximate surface area is 136 Å². The lowest BCUT2D eigenvalue weighted by Gasteiger charge is -2.41. The molecule has 3 heterocycles. The molecule has 0 spiro atoms. The van der Waals surface area contributed by atoms with Crippen molar-refractivity contribution in [2.75, 3.05) is 32.7 Å². The second-order valence-corrected chi connectivity index (χ2v) is 7.38. The number of aliphatic hydroxyl groups is 1. The zero-order valence-corrected chi connectivity index (χ0v) is 13.5. The number of amides is 1. The summed E-state index contributed by atoms with van der Waals surface area (Å²) < 4.78 is 5.43. The number of oxazole rings is 1. The maximum absolute atomic E-state index is 12.8. The molecule has 1 atom stereocenters. The molecular weight excluding hydrogens is 294 g/mol. The highest BCUT2D eigenvalue weighted by Gasteiger charge is 2.40. The van der Waals surface area contributed by atoms with Gasteiger partial charge in [0.1, 0.15) is 5.76 Å². The van der Waals surface area contributed by atoms with Crippen LogP contribution in [0.1, 0.15) is 60.7 Å². The lowest BCUT2D eigenvalue weighted by Crippen LogP contribution is -2.55. The largest absolute Gasteiger partial charge is 0.447 e. The third-order valence-corrected chi connectivity index (χ3v) is 5.30. The van der Waals surface area contributed by atoms with E-state index in [-0.39, 0.29) is 5.91 Å². The molecule has 6 heteroatoms. The van der Waals surface area contributed by atoms with Crippen molar-refractivity contribution in [3.05, 3.63) is 17.8 Å². The van der Waals surface area contributed by atoms with Crippen LogP contribution < -0.4 is 0 Å². The molecule has 0 bridgehead atoms. The molecule has 0 radical (unpaired) electrons. The summed E-state index contributed by atoms with van der Waals surface area (Å²) in [6.07, 6.45) is 7.56. The number of piperidine rings is 1. The lowest BCUT2D eigenvalue weighted by atomic mass is 9.92. The Kier molecular flexibility index (Phi) is 3.89. The summed E-state index contributed by atoms with van der Waals surface area (Å²) in [5.74, 6) is 1.02. The number of carbonyl (C=O) groups excluding carboxylic acids is 1. The molecule has 1 saturated carbocycles. The van der Waals surface area contributed by atoms with Crippen LogP contribution in [0.15, 0.2) is 10.8 Å². The molecule has 0 unspecified atom stereocenters. The van der Waals surface area contributed by atoms with Crippen molar-refractivity contribution in [3.8, 4) is 0 Å². The molecule has 3 aliphatic rings. The van der Waals surface area contributed by atoms with E-state index in [0.29, 0.717) is 31.2 Å². The Balaban J connectivity index is 1.45. The van der Waals surface area contributed by atoms with Gasteiger partial charge in [-0.05, 0) is 51.6 Å². The fraction of sp³-hybridized carbons (Fsp3) is 0.765. The van der Waals surface area contributed by atoms with Gasteiger partial charge in [-0.1, -0.05) is 0 Å². The van der Waals surface area contributed by atoms with E-state index in [1.165, 1.54) is 19.2 Å². The first-order chi connectivity index (χ1) is 11.1. The predicted molar refractivity (Wildman–Crippen MR) is 84.2 cm³/mol. The summed E-state index contributed by atoms with van der Waals surface area (Å²) in [6.45, 7) is 3.89. The summed E-state index contributed by atoms with van der Waals surface area (Å²) in [4.78, 5) is 21.1. The number of nitrogens with zero attached hydrogens (tertiary/aromatic N) is 3. The van der Waals surface area contributed by atoms with Crippen molar-refractivity contribution in [1.29, 1.82) is 0 Å². The van der Waals surface area contributed by atoms with E-state index in [2.05, 4.69) is 9.88 Å².